The van der Waals surface area contributed by atoms with Crippen LogP contribution in [0.3, 0.4) is 0 Å². The lowest BCUT2D eigenvalue weighted by Crippen LogP contribution is -2.29. The highest BCUT2D eigenvalue weighted by Gasteiger charge is 2.28. The highest BCUT2D eigenvalue weighted by Crippen LogP contribution is 2.17. The Balaban J connectivity index is 2.56. The maximum atomic E-state index is 12.0. The van der Waals surface area contributed by atoms with Crippen LogP contribution in [0.5, 0.6) is 5.88 Å². The molecule has 0 aliphatic heterocycles. The number of pyridine rings is 1. The van der Waals surface area contributed by atoms with Gasteiger partial charge in [-0.2, -0.15) is 13.2 Å². The summed E-state index contributed by atoms with van der Waals surface area (Å²) in [4.78, 5) is 15.5. The van der Waals surface area contributed by atoms with Gasteiger partial charge in [0.15, 0.2) is 6.61 Å². The first-order valence-corrected chi connectivity index (χ1v) is 6.37. The van der Waals surface area contributed by atoms with Crippen LogP contribution in [-0.4, -0.2) is 41.9 Å². The molecule has 8 heteroatoms. The van der Waals surface area contributed by atoms with Gasteiger partial charge in [0, 0.05) is 19.2 Å². The first-order chi connectivity index (χ1) is 9.81. The Morgan fingerprint density at radius 1 is 1.48 bits per heavy atom. The van der Waals surface area contributed by atoms with Crippen molar-refractivity contribution in [3.05, 3.63) is 23.9 Å². The van der Waals surface area contributed by atoms with Crippen LogP contribution in [0.2, 0.25) is 0 Å². The summed E-state index contributed by atoms with van der Waals surface area (Å²) in [6.07, 6.45) is -3.91. The molecule has 0 aliphatic carbocycles. The van der Waals surface area contributed by atoms with Gasteiger partial charge < -0.3 is 15.2 Å². The van der Waals surface area contributed by atoms with E-state index in [0.29, 0.717) is 13.0 Å². The molecule has 1 atom stereocenters. The Morgan fingerprint density at radius 2 is 2.19 bits per heavy atom. The highest BCUT2D eigenvalue weighted by atomic mass is 19.4. The van der Waals surface area contributed by atoms with Crippen LogP contribution in [0.25, 0.3) is 0 Å². The maximum absolute atomic E-state index is 12.0. The predicted molar refractivity (Wildman–Crippen MR) is 69.0 cm³/mol. The number of aromatic nitrogens is 1. The number of hydrogen-bond acceptors (Lipinski definition) is 4. The van der Waals surface area contributed by atoms with Gasteiger partial charge in [-0.25, -0.2) is 4.98 Å². The summed E-state index contributed by atoms with van der Waals surface area (Å²) in [7, 11) is 0. The normalized spacial score (nSPS) is 12.8. The van der Waals surface area contributed by atoms with Crippen LogP contribution >= 0.6 is 0 Å². The molecule has 0 spiro atoms. The van der Waals surface area contributed by atoms with Gasteiger partial charge in [0.25, 0.3) is 5.91 Å². The van der Waals surface area contributed by atoms with E-state index in [-0.39, 0.29) is 24.1 Å². The molecule has 1 amide bonds. The van der Waals surface area contributed by atoms with E-state index in [9.17, 15) is 18.0 Å². The SMILES string of the molecule is CC(CCO)CNC(=O)c1cccc(OCC(F)(F)F)n1. The number of ether oxygens (including phenoxy) is 1. The van der Waals surface area contributed by atoms with Crippen LogP contribution < -0.4 is 10.1 Å². The summed E-state index contributed by atoms with van der Waals surface area (Å²) >= 11 is 0. The van der Waals surface area contributed by atoms with E-state index < -0.39 is 18.7 Å². The Labute approximate surface area is 120 Å². The molecular weight excluding hydrogens is 289 g/mol. The average Bonchev–Trinajstić information content (AvgIpc) is 2.42. The van der Waals surface area contributed by atoms with E-state index in [0.717, 1.165) is 0 Å². The molecule has 1 heterocycles. The third kappa shape index (κ3) is 6.94. The predicted octanol–water partition coefficient (Wildman–Crippen LogP) is 1.77. The van der Waals surface area contributed by atoms with Gasteiger partial charge in [0.2, 0.25) is 5.88 Å². The lowest BCUT2D eigenvalue weighted by molar-refractivity contribution is -0.154. The Hall–Kier alpha value is -1.83. The Bertz CT molecular complexity index is 466. The minimum Gasteiger partial charge on any atom is -0.468 e. The Kier molecular flexibility index (Phi) is 6.41. The second-order valence-electron chi connectivity index (χ2n) is 4.59. The van der Waals surface area contributed by atoms with Crippen molar-refractivity contribution in [1.29, 1.82) is 0 Å². The zero-order chi connectivity index (χ0) is 15.9. The van der Waals surface area contributed by atoms with Crippen molar-refractivity contribution in [1.82, 2.24) is 10.3 Å². The van der Waals surface area contributed by atoms with Crippen molar-refractivity contribution in [3.63, 3.8) is 0 Å². The lowest BCUT2D eigenvalue weighted by atomic mass is 10.1. The average molecular weight is 306 g/mol. The smallest absolute Gasteiger partial charge is 0.422 e. The molecule has 0 bridgehead atoms. The maximum Gasteiger partial charge on any atom is 0.422 e. The minimum absolute atomic E-state index is 0.0223. The van der Waals surface area contributed by atoms with Crippen molar-refractivity contribution in [2.45, 2.75) is 19.5 Å². The summed E-state index contributed by atoms with van der Waals surface area (Å²) < 4.78 is 40.6. The van der Waals surface area contributed by atoms with Gasteiger partial charge in [-0.3, -0.25) is 4.79 Å². The lowest BCUT2D eigenvalue weighted by Gasteiger charge is -2.12. The van der Waals surface area contributed by atoms with Crippen LogP contribution in [0.4, 0.5) is 13.2 Å². The van der Waals surface area contributed by atoms with Gasteiger partial charge in [-0.1, -0.05) is 13.0 Å². The summed E-state index contributed by atoms with van der Waals surface area (Å²) in [5.41, 5.74) is -0.0223. The quantitative estimate of drug-likeness (QED) is 0.805. The molecule has 1 unspecified atom stereocenters. The second kappa shape index (κ2) is 7.82. The Morgan fingerprint density at radius 3 is 2.81 bits per heavy atom. The molecule has 0 saturated carbocycles. The second-order valence-corrected chi connectivity index (χ2v) is 4.59. The topological polar surface area (TPSA) is 71.5 Å². The van der Waals surface area contributed by atoms with E-state index in [4.69, 9.17) is 5.11 Å². The molecule has 0 aromatic carbocycles. The van der Waals surface area contributed by atoms with Gasteiger partial charge in [-0.05, 0) is 18.4 Å². The van der Waals surface area contributed by atoms with Gasteiger partial charge >= 0.3 is 6.18 Å². The first-order valence-electron chi connectivity index (χ1n) is 6.37. The monoisotopic (exact) mass is 306 g/mol. The summed E-state index contributed by atoms with van der Waals surface area (Å²) in [6, 6.07) is 4.02. The molecule has 5 nitrogen and oxygen atoms in total. The van der Waals surface area contributed by atoms with E-state index in [2.05, 4.69) is 15.0 Å². The molecule has 118 valence electrons. The van der Waals surface area contributed by atoms with Crippen LogP contribution in [-0.2, 0) is 0 Å². The van der Waals surface area contributed by atoms with Gasteiger partial charge in [0.05, 0.1) is 0 Å². The van der Waals surface area contributed by atoms with Crippen molar-refractivity contribution >= 4 is 5.91 Å². The molecule has 1 rings (SSSR count). The van der Waals surface area contributed by atoms with E-state index in [1.54, 1.807) is 0 Å². The van der Waals surface area contributed by atoms with Gasteiger partial charge in [-0.15, -0.1) is 0 Å². The number of rotatable bonds is 7. The number of aliphatic hydroxyl groups is 1. The fourth-order valence-corrected chi connectivity index (χ4v) is 1.46. The third-order valence-electron chi connectivity index (χ3n) is 2.57. The number of nitrogens with zero attached hydrogens (tertiary/aromatic N) is 1. The van der Waals surface area contributed by atoms with Crippen molar-refractivity contribution in [2.24, 2.45) is 5.92 Å². The molecule has 1 aromatic heterocycles. The standard InChI is InChI=1S/C13H17F3N2O3/c1-9(5-6-19)7-17-12(20)10-3-2-4-11(18-10)21-8-13(14,15)16/h2-4,9,19H,5-8H2,1H3,(H,17,20). The minimum atomic E-state index is -4.46. The van der Waals surface area contributed by atoms with E-state index >= 15 is 0 Å². The number of alkyl halides is 3. The van der Waals surface area contributed by atoms with Crippen molar-refractivity contribution < 1.29 is 27.8 Å². The van der Waals surface area contributed by atoms with Crippen molar-refractivity contribution in [3.8, 4) is 5.88 Å². The van der Waals surface area contributed by atoms with Crippen LogP contribution in [0.1, 0.15) is 23.8 Å². The number of nitrogens with one attached hydrogen (secondary N) is 1. The number of halogens is 3. The number of hydrogen-bond donors (Lipinski definition) is 2. The number of amides is 1. The van der Waals surface area contributed by atoms with Crippen molar-refractivity contribution in [2.75, 3.05) is 19.8 Å². The third-order valence-corrected chi connectivity index (χ3v) is 2.57. The molecule has 0 radical (unpaired) electrons. The number of carbonyl (C=O) groups is 1. The number of aliphatic hydroxyl groups excluding tert-OH is 1. The molecule has 0 saturated heterocycles. The highest BCUT2D eigenvalue weighted by molar-refractivity contribution is 5.92. The molecule has 1 aromatic rings. The van der Waals surface area contributed by atoms with Gasteiger partial charge in [0.1, 0.15) is 5.69 Å². The van der Waals surface area contributed by atoms with Crippen LogP contribution in [0.15, 0.2) is 18.2 Å². The summed E-state index contributed by atoms with van der Waals surface area (Å²) in [5, 5.41) is 11.3. The van der Waals surface area contributed by atoms with E-state index in [1.807, 2.05) is 6.92 Å². The van der Waals surface area contributed by atoms with Crippen LogP contribution in [0, 0.1) is 5.92 Å². The molecule has 0 aliphatic rings. The molecule has 0 fully saturated rings. The van der Waals surface area contributed by atoms with E-state index in [1.165, 1.54) is 18.2 Å². The molecule has 2 N–H and O–H groups in total. The largest absolute Gasteiger partial charge is 0.468 e. The zero-order valence-corrected chi connectivity index (χ0v) is 11.5. The zero-order valence-electron chi connectivity index (χ0n) is 11.5. The summed E-state index contributed by atoms with van der Waals surface area (Å²) in [6.45, 7) is 0.760. The number of carbonyl (C=O) groups excluding carboxylic acids is 1. The fourth-order valence-electron chi connectivity index (χ4n) is 1.46. The first kappa shape index (κ1) is 17.2. The summed E-state index contributed by atoms with van der Waals surface area (Å²) in [5.74, 6) is -0.677. The fraction of sp³-hybridized carbons (Fsp3) is 0.538. The molecule has 21 heavy (non-hydrogen) atoms. The molecular formula is C13H17F3N2O3.